The third kappa shape index (κ3) is 4.17. The first-order valence-electron chi connectivity index (χ1n) is 8.32. The van der Waals surface area contributed by atoms with Gasteiger partial charge in [-0.3, -0.25) is 0 Å². The summed E-state index contributed by atoms with van der Waals surface area (Å²) in [7, 11) is 1.56. The minimum atomic E-state index is -1.89. The lowest BCUT2D eigenvalue weighted by Gasteiger charge is -2.39. The highest BCUT2D eigenvalue weighted by atomic mass is 35.5. The van der Waals surface area contributed by atoms with E-state index in [4.69, 9.17) is 25.8 Å². The molecule has 1 fully saturated rings. The molecule has 0 aromatic heterocycles. The summed E-state index contributed by atoms with van der Waals surface area (Å²) in [5.74, 6) is 1.48. The third-order valence-electron chi connectivity index (χ3n) is 4.41. The number of hydrogen-bond acceptors (Lipinski definition) is 6. The Balaban J connectivity index is 1.85. The first-order valence-corrected chi connectivity index (χ1v) is 8.70. The Kier molecular flexibility index (Phi) is 6.18. The molecule has 0 saturated carbocycles. The zero-order valence-corrected chi connectivity index (χ0v) is 15.2. The number of hydrogen-bond donors (Lipinski definition) is 3. The van der Waals surface area contributed by atoms with Crippen molar-refractivity contribution in [1.29, 1.82) is 0 Å². The fraction of sp³-hybridized carbons (Fsp3) is 0.368. The molecule has 1 saturated heterocycles. The van der Waals surface area contributed by atoms with Crippen LogP contribution in [0.2, 0.25) is 5.02 Å². The normalized spacial score (nSPS) is 28.0. The van der Waals surface area contributed by atoms with Gasteiger partial charge in [0.25, 0.3) is 0 Å². The van der Waals surface area contributed by atoms with Crippen molar-refractivity contribution in [3.63, 3.8) is 0 Å². The van der Waals surface area contributed by atoms with Crippen LogP contribution in [0.25, 0.3) is 0 Å². The van der Waals surface area contributed by atoms with E-state index in [0.717, 1.165) is 0 Å². The van der Waals surface area contributed by atoms with Crippen LogP contribution in [0.4, 0.5) is 4.39 Å². The minimum absolute atomic E-state index is 0.299. The molecule has 2 aromatic rings. The van der Waals surface area contributed by atoms with Gasteiger partial charge in [-0.25, -0.2) is 4.39 Å². The molecule has 0 bridgehead atoms. The first-order chi connectivity index (χ1) is 12.9. The molecule has 1 heterocycles. The van der Waals surface area contributed by atoms with Crippen LogP contribution in [0, 0.1) is 0 Å². The summed E-state index contributed by atoms with van der Waals surface area (Å²) in [5.41, 5.74) is 0.430. The van der Waals surface area contributed by atoms with Crippen LogP contribution < -0.4 is 9.47 Å². The topological polar surface area (TPSA) is 88.4 Å². The van der Waals surface area contributed by atoms with E-state index in [-0.39, 0.29) is 0 Å². The van der Waals surface area contributed by atoms with Crippen LogP contribution in [-0.4, -0.2) is 53.5 Å². The molecule has 146 valence electrons. The second kappa shape index (κ2) is 8.41. The summed E-state index contributed by atoms with van der Waals surface area (Å²) in [6.45, 7) is -0.621. The predicted molar refractivity (Wildman–Crippen MR) is 96.1 cm³/mol. The zero-order valence-electron chi connectivity index (χ0n) is 14.5. The van der Waals surface area contributed by atoms with Gasteiger partial charge in [0.1, 0.15) is 41.7 Å². The summed E-state index contributed by atoms with van der Waals surface area (Å²) in [5, 5.41) is 29.7. The molecule has 6 nitrogen and oxygen atoms in total. The molecule has 1 aliphatic rings. The lowest BCUT2D eigenvalue weighted by atomic mass is 9.92. The van der Waals surface area contributed by atoms with E-state index < -0.39 is 37.2 Å². The summed E-state index contributed by atoms with van der Waals surface area (Å²) in [6.07, 6.45) is -7.35. The average molecular weight is 399 g/mol. The highest BCUT2D eigenvalue weighted by molar-refractivity contribution is 6.32. The summed E-state index contributed by atoms with van der Waals surface area (Å²) < 4.78 is 30.2. The van der Waals surface area contributed by atoms with E-state index >= 15 is 0 Å². The van der Waals surface area contributed by atoms with E-state index in [1.165, 1.54) is 0 Å². The SMILES string of the molecule is COc1ccc(Oc2cc([C@@H]3O[C@H](CO)[C@@H](F)[C@H](O)[C@H]3O)ccc2Cl)cc1. The molecule has 27 heavy (non-hydrogen) atoms. The van der Waals surface area contributed by atoms with Crippen LogP contribution in [-0.2, 0) is 4.74 Å². The van der Waals surface area contributed by atoms with Crippen molar-refractivity contribution in [3.05, 3.63) is 53.1 Å². The minimum Gasteiger partial charge on any atom is -0.497 e. The fourth-order valence-electron chi connectivity index (χ4n) is 2.90. The highest BCUT2D eigenvalue weighted by Gasteiger charge is 2.45. The molecule has 0 amide bonds. The summed E-state index contributed by atoms with van der Waals surface area (Å²) in [4.78, 5) is 0. The predicted octanol–water partition coefficient (Wildman–Crippen LogP) is 2.63. The van der Waals surface area contributed by atoms with Crippen molar-refractivity contribution < 1.29 is 33.9 Å². The van der Waals surface area contributed by atoms with E-state index in [0.29, 0.717) is 27.8 Å². The van der Waals surface area contributed by atoms with E-state index in [1.54, 1.807) is 49.6 Å². The molecule has 0 aliphatic carbocycles. The Morgan fingerprint density at radius 3 is 2.37 bits per heavy atom. The van der Waals surface area contributed by atoms with Gasteiger partial charge in [0, 0.05) is 0 Å². The average Bonchev–Trinajstić information content (AvgIpc) is 2.69. The molecular weight excluding hydrogens is 379 g/mol. The molecule has 8 heteroatoms. The smallest absolute Gasteiger partial charge is 0.157 e. The molecular formula is C19H20ClFO6. The van der Waals surface area contributed by atoms with Crippen LogP contribution >= 0.6 is 11.6 Å². The molecule has 3 N–H and O–H groups in total. The number of aliphatic hydroxyl groups excluding tert-OH is 3. The Hall–Kier alpha value is -1.90. The van der Waals surface area contributed by atoms with Gasteiger partial charge in [0.2, 0.25) is 0 Å². The molecule has 2 aromatic carbocycles. The van der Waals surface area contributed by atoms with Gasteiger partial charge in [-0.2, -0.15) is 0 Å². The number of aliphatic hydroxyl groups is 3. The Bertz CT molecular complexity index is 769. The maximum Gasteiger partial charge on any atom is 0.157 e. The van der Waals surface area contributed by atoms with Gasteiger partial charge in [-0.15, -0.1) is 0 Å². The number of halogens is 2. The molecule has 0 radical (unpaired) electrons. The van der Waals surface area contributed by atoms with E-state index in [9.17, 15) is 19.7 Å². The largest absolute Gasteiger partial charge is 0.497 e. The maximum absolute atomic E-state index is 13.9. The monoisotopic (exact) mass is 398 g/mol. The van der Waals surface area contributed by atoms with Crippen molar-refractivity contribution in [1.82, 2.24) is 0 Å². The van der Waals surface area contributed by atoms with Crippen molar-refractivity contribution in [3.8, 4) is 17.2 Å². The van der Waals surface area contributed by atoms with Crippen molar-refractivity contribution in [2.75, 3.05) is 13.7 Å². The summed E-state index contributed by atoms with van der Waals surface area (Å²) >= 11 is 6.19. The molecule has 3 rings (SSSR count). The molecule has 0 unspecified atom stereocenters. The number of rotatable bonds is 5. The van der Waals surface area contributed by atoms with Crippen LogP contribution in [0.1, 0.15) is 11.7 Å². The third-order valence-corrected chi connectivity index (χ3v) is 4.73. The second-order valence-electron chi connectivity index (χ2n) is 6.17. The standard InChI is InChI=1S/C19H20ClFO6/c1-25-11-3-5-12(6-4-11)26-14-8-10(2-7-13(14)20)19-18(24)17(23)16(21)15(9-22)27-19/h2-8,15-19,22-24H,9H2,1H3/t15-,16-,17+,18-,19+/m1/s1. The van der Waals surface area contributed by atoms with Crippen LogP contribution in [0.5, 0.6) is 17.2 Å². The molecule has 1 aliphatic heterocycles. The number of benzene rings is 2. The first kappa shape index (κ1) is 19.9. The Morgan fingerprint density at radius 1 is 1.07 bits per heavy atom. The quantitative estimate of drug-likeness (QED) is 0.717. The van der Waals surface area contributed by atoms with Gasteiger partial charge in [0.15, 0.2) is 6.17 Å². The second-order valence-corrected chi connectivity index (χ2v) is 6.58. The van der Waals surface area contributed by atoms with Gasteiger partial charge < -0.3 is 29.5 Å². The Labute approximate surface area is 160 Å². The lowest BCUT2D eigenvalue weighted by Crippen LogP contribution is -2.53. The summed E-state index contributed by atoms with van der Waals surface area (Å²) in [6, 6.07) is 11.5. The van der Waals surface area contributed by atoms with Crippen LogP contribution in [0.15, 0.2) is 42.5 Å². The van der Waals surface area contributed by atoms with Gasteiger partial charge in [-0.1, -0.05) is 17.7 Å². The zero-order chi connectivity index (χ0) is 19.6. The number of ether oxygens (including phenoxy) is 3. The molecule has 0 spiro atoms. The van der Waals surface area contributed by atoms with Crippen molar-refractivity contribution in [2.24, 2.45) is 0 Å². The number of methoxy groups -OCH3 is 1. The van der Waals surface area contributed by atoms with Gasteiger partial charge in [0.05, 0.1) is 18.7 Å². The highest BCUT2D eigenvalue weighted by Crippen LogP contribution is 2.38. The lowest BCUT2D eigenvalue weighted by molar-refractivity contribution is -0.214. The maximum atomic E-state index is 13.9. The molecule has 5 atom stereocenters. The van der Waals surface area contributed by atoms with Crippen molar-refractivity contribution >= 4 is 11.6 Å². The van der Waals surface area contributed by atoms with Gasteiger partial charge >= 0.3 is 0 Å². The van der Waals surface area contributed by atoms with Crippen LogP contribution in [0.3, 0.4) is 0 Å². The van der Waals surface area contributed by atoms with E-state index in [2.05, 4.69) is 0 Å². The fourth-order valence-corrected chi connectivity index (χ4v) is 3.05. The Morgan fingerprint density at radius 2 is 1.74 bits per heavy atom. The van der Waals surface area contributed by atoms with Gasteiger partial charge in [-0.05, 0) is 42.0 Å². The van der Waals surface area contributed by atoms with Crippen molar-refractivity contribution in [2.45, 2.75) is 30.6 Å². The number of alkyl halides is 1. The van der Waals surface area contributed by atoms with E-state index in [1.807, 2.05) is 0 Å².